The number of anilines is 2. The summed E-state index contributed by atoms with van der Waals surface area (Å²) >= 11 is 0. The molecule has 10 rings (SSSR count). The number of fused-ring (bicyclic) bond motifs is 3. The maximum Gasteiger partial charge on any atom is 0.0560 e. The van der Waals surface area contributed by atoms with Crippen LogP contribution in [0.2, 0.25) is 0 Å². The van der Waals surface area contributed by atoms with E-state index in [1.165, 1.54) is 77.7 Å². The number of benzene rings is 8. The molecule has 0 fully saturated rings. The summed E-state index contributed by atoms with van der Waals surface area (Å²) in [6.07, 6.45) is 9.86. The SMILES string of the molecule is C1=CCC(N(c2ccc(-c3cccc(-c4ccccc4)c3)cc2)c2ccc(-c3ccc(-n4c5ccccc5c5ccccc54)cc3)cc2-c2ccccc2)C=C1. The minimum Gasteiger partial charge on any atom is -0.334 e. The molecule has 1 heterocycles. The van der Waals surface area contributed by atoms with E-state index in [1.54, 1.807) is 0 Å². The number of hydrogen-bond donors (Lipinski definition) is 0. The first-order valence-corrected chi connectivity index (χ1v) is 19.5. The standard InChI is InChI=1S/C54H40N2/c1-4-15-39(16-5-1)43-19-14-20-44(37-43)40-27-32-47(33-28-40)55(46-21-8-3-9-22-46)54-36-31-45(38-51(54)42-17-6-2-7-18-42)41-29-34-48(35-30-41)56-52-25-12-10-23-49(52)50-24-11-13-26-53(50)56/h1-21,23-38,46H,22H2. The van der Waals surface area contributed by atoms with Crippen LogP contribution < -0.4 is 4.90 Å². The molecule has 0 spiro atoms. The van der Waals surface area contributed by atoms with E-state index < -0.39 is 0 Å². The Morgan fingerprint density at radius 1 is 0.411 bits per heavy atom. The van der Waals surface area contributed by atoms with Gasteiger partial charge in [-0.3, -0.25) is 0 Å². The van der Waals surface area contributed by atoms with Crippen molar-refractivity contribution < 1.29 is 0 Å². The topological polar surface area (TPSA) is 8.17 Å². The van der Waals surface area contributed by atoms with Gasteiger partial charge in [-0.15, -0.1) is 0 Å². The van der Waals surface area contributed by atoms with E-state index in [1.807, 2.05) is 0 Å². The second kappa shape index (κ2) is 14.6. The highest BCUT2D eigenvalue weighted by atomic mass is 15.2. The lowest BCUT2D eigenvalue weighted by molar-refractivity contribution is 0.786. The summed E-state index contributed by atoms with van der Waals surface area (Å²) in [7, 11) is 0. The third-order valence-corrected chi connectivity index (χ3v) is 11.1. The van der Waals surface area contributed by atoms with E-state index in [2.05, 4.69) is 234 Å². The Bertz CT molecular complexity index is 2810. The van der Waals surface area contributed by atoms with Crippen molar-refractivity contribution in [1.82, 2.24) is 4.57 Å². The summed E-state index contributed by atoms with van der Waals surface area (Å²) in [5, 5.41) is 2.55. The second-order valence-corrected chi connectivity index (χ2v) is 14.5. The van der Waals surface area contributed by atoms with Gasteiger partial charge in [-0.2, -0.15) is 0 Å². The van der Waals surface area contributed by atoms with Crippen molar-refractivity contribution in [1.29, 1.82) is 0 Å². The molecule has 0 N–H and O–H groups in total. The number of nitrogens with zero attached hydrogens (tertiary/aromatic N) is 2. The normalized spacial score (nSPS) is 13.7. The Labute approximate surface area is 328 Å². The molecule has 0 saturated carbocycles. The van der Waals surface area contributed by atoms with Crippen LogP contribution in [0.4, 0.5) is 11.4 Å². The average Bonchev–Trinajstić information content (AvgIpc) is 3.62. The minimum absolute atomic E-state index is 0.172. The highest BCUT2D eigenvalue weighted by molar-refractivity contribution is 6.09. The van der Waals surface area contributed by atoms with Crippen molar-refractivity contribution in [2.24, 2.45) is 0 Å². The Morgan fingerprint density at radius 2 is 0.929 bits per heavy atom. The van der Waals surface area contributed by atoms with Crippen LogP contribution in [0, 0.1) is 0 Å². The van der Waals surface area contributed by atoms with Gasteiger partial charge in [-0.1, -0.05) is 170 Å². The summed E-state index contributed by atoms with van der Waals surface area (Å²) < 4.78 is 2.38. The molecule has 9 aromatic rings. The predicted molar refractivity (Wildman–Crippen MR) is 238 cm³/mol. The molecule has 0 amide bonds. The lowest BCUT2D eigenvalue weighted by Crippen LogP contribution is -2.30. The maximum absolute atomic E-state index is 2.52. The Morgan fingerprint density at radius 3 is 1.55 bits per heavy atom. The molecular weight excluding hydrogens is 677 g/mol. The zero-order valence-corrected chi connectivity index (χ0v) is 31.0. The zero-order valence-electron chi connectivity index (χ0n) is 31.0. The molecule has 1 unspecified atom stereocenters. The molecule has 8 aromatic carbocycles. The van der Waals surface area contributed by atoms with E-state index in [0.717, 1.165) is 12.1 Å². The van der Waals surface area contributed by atoms with Gasteiger partial charge in [0.1, 0.15) is 0 Å². The van der Waals surface area contributed by atoms with E-state index in [-0.39, 0.29) is 6.04 Å². The van der Waals surface area contributed by atoms with Crippen LogP contribution in [0.15, 0.2) is 224 Å². The number of allylic oxidation sites excluding steroid dienone is 2. The molecule has 2 nitrogen and oxygen atoms in total. The fourth-order valence-electron chi connectivity index (χ4n) is 8.37. The summed E-state index contributed by atoms with van der Waals surface area (Å²) in [5.41, 5.74) is 15.6. The first-order chi connectivity index (χ1) is 27.8. The van der Waals surface area contributed by atoms with Gasteiger partial charge in [-0.05, 0) is 100.0 Å². The highest BCUT2D eigenvalue weighted by Gasteiger charge is 2.23. The van der Waals surface area contributed by atoms with Crippen molar-refractivity contribution in [3.8, 4) is 50.2 Å². The van der Waals surface area contributed by atoms with Crippen molar-refractivity contribution in [2.45, 2.75) is 12.5 Å². The fourth-order valence-corrected chi connectivity index (χ4v) is 8.37. The van der Waals surface area contributed by atoms with E-state index in [0.29, 0.717) is 0 Å². The Kier molecular flexibility index (Phi) is 8.70. The van der Waals surface area contributed by atoms with Crippen molar-refractivity contribution in [2.75, 3.05) is 4.90 Å². The summed E-state index contributed by atoms with van der Waals surface area (Å²) in [6, 6.07) is 72.9. The highest BCUT2D eigenvalue weighted by Crippen LogP contribution is 2.42. The average molecular weight is 717 g/mol. The van der Waals surface area contributed by atoms with Crippen LogP contribution >= 0.6 is 0 Å². The van der Waals surface area contributed by atoms with Crippen LogP contribution in [0.5, 0.6) is 0 Å². The first kappa shape index (κ1) is 33.4. The number of rotatable bonds is 8. The fraction of sp³-hybridized carbons (Fsp3) is 0.0370. The molecule has 1 atom stereocenters. The Hall–Kier alpha value is -7.16. The molecule has 266 valence electrons. The van der Waals surface area contributed by atoms with Gasteiger partial charge in [0, 0.05) is 33.4 Å². The van der Waals surface area contributed by atoms with Crippen molar-refractivity contribution in [3.05, 3.63) is 224 Å². The summed E-state index contributed by atoms with van der Waals surface area (Å²) in [5.74, 6) is 0. The van der Waals surface area contributed by atoms with Gasteiger partial charge in [0.2, 0.25) is 0 Å². The van der Waals surface area contributed by atoms with E-state index >= 15 is 0 Å². The molecule has 0 radical (unpaired) electrons. The smallest absolute Gasteiger partial charge is 0.0560 e. The summed E-state index contributed by atoms with van der Waals surface area (Å²) in [6.45, 7) is 0. The van der Waals surface area contributed by atoms with Crippen molar-refractivity contribution >= 4 is 33.2 Å². The van der Waals surface area contributed by atoms with Gasteiger partial charge in [0.05, 0.1) is 17.1 Å². The molecule has 1 aliphatic rings. The number of aromatic nitrogens is 1. The summed E-state index contributed by atoms with van der Waals surface area (Å²) in [4.78, 5) is 2.52. The quantitative estimate of drug-likeness (QED) is 0.152. The molecule has 0 saturated heterocycles. The second-order valence-electron chi connectivity index (χ2n) is 14.5. The molecule has 56 heavy (non-hydrogen) atoms. The van der Waals surface area contributed by atoms with E-state index in [4.69, 9.17) is 0 Å². The van der Waals surface area contributed by atoms with Gasteiger partial charge in [-0.25, -0.2) is 0 Å². The first-order valence-electron chi connectivity index (χ1n) is 19.5. The third kappa shape index (κ3) is 6.22. The molecule has 0 aliphatic heterocycles. The third-order valence-electron chi connectivity index (χ3n) is 11.1. The lowest BCUT2D eigenvalue weighted by atomic mass is 9.94. The van der Waals surface area contributed by atoms with Crippen LogP contribution in [0.1, 0.15) is 6.42 Å². The number of hydrogen-bond acceptors (Lipinski definition) is 1. The largest absolute Gasteiger partial charge is 0.334 e. The molecule has 1 aliphatic carbocycles. The van der Waals surface area contributed by atoms with Crippen LogP contribution in [0.3, 0.4) is 0 Å². The minimum atomic E-state index is 0.172. The van der Waals surface area contributed by atoms with Crippen LogP contribution in [-0.4, -0.2) is 10.6 Å². The Balaban J connectivity index is 1.04. The molecule has 0 bridgehead atoms. The van der Waals surface area contributed by atoms with Gasteiger partial charge < -0.3 is 9.47 Å². The number of para-hydroxylation sites is 2. The van der Waals surface area contributed by atoms with Gasteiger partial charge in [0.25, 0.3) is 0 Å². The van der Waals surface area contributed by atoms with Crippen LogP contribution in [-0.2, 0) is 0 Å². The lowest BCUT2D eigenvalue weighted by Gasteiger charge is -2.34. The monoisotopic (exact) mass is 716 g/mol. The van der Waals surface area contributed by atoms with Crippen molar-refractivity contribution in [3.63, 3.8) is 0 Å². The predicted octanol–water partition coefficient (Wildman–Crippen LogP) is 14.5. The zero-order chi connectivity index (χ0) is 37.3. The molecular formula is C54H40N2. The van der Waals surface area contributed by atoms with Crippen LogP contribution in [0.25, 0.3) is 72.0 Å². The van der Waals surface area contributed by atoms with Gasteiger partial charge in [0.15, 0.2) is 0 Å². The maximum atomic E-state index is 2.52. The molecule has 2 heteroatoms. The molecule has 1 aromatic heterocycles. The van der Waals surface area contributed by atoms with Gasteiger partial charge >= 0.3 is 0 Å². The van der Waals surface area contributed by atoms with E-state index in [9.17, 15) is 0 Å².